The topological polar surface area (TPSA) is 41.4 Å². The molecule has 1 aromatic carbocycles. The molecule has 5 nitrogen and oxygen atoms in total. The number of carbonyl (C=O) groups excluding carboxylic acids is 1. The third-order valence-corrected chi connectivity index (χ3v) is 5.55. The van der Waals surface area contributed by atoms with Crippen LogP contribution in [0.4, 0.5) is 5.69 Å². The lowest BCUT2D eigenvalue weighted by Crippen LogP contribution is -2.49. The molecule has 1 amide bonds. The number of aryl methyl sites for hydroxylation is 1. The molecule has 24 heavy (non-hydrogen) atoms. The zero-order valence-electron chi connectivity index (χ0n) is 14.6. The molecule has 0 spiro atoms. The van der Waals surface area contributed by atoms with Crippen molar-refractivity contribution in [2.24, 2.45) is 0 Å². The minimum absolute atomic E-state index is 0.123. The number of imidazole rings is 1. The number of carbonyl (C=O) groups is 1. The summed E-state index contributed by atoms with van der Waals surface area (Å²) in [4.78, 5) is 21.9. The van der Waals surface area contributed by atoms with Gasteiger partial charge in [-0.3, -0.25) is 9.69 Å². The van der Waals surface area contributed by atoms with E-state index < -0.39 is 0 Å². The molecule has 3 heterocycles. The molecule has 1 atom stereocenters. The smallest absolute Gasteiger partial charge is 0.244 e. The standard InChI is InChI=1S/C19H24N4O/c1-13-14(2)22-11-10-21(12-18(22)20-13)15(3)19(24)23-9-8-16-6-4-5-7-17(16)23/h4-7,15H,8-12H2,1-3H3/t15-/m0/s1. The molecule has 0 unspecified atom stereocenters. The van der Waals surface area contributed by atoms with Crippen molar-refractivity contribution in [3.63, 3.8) is 0 Å². The number of rotatable bonds is 2. The summed E-state index contributed by atoms with van der Waals surface area (Å²) in [5.41, 5.74) is 4.70. The minimum atomic E-state index is -0.123. The SMILES string of the molecule is Cc1nc2n(c1C)CCN([C@@H](C)C(=O)N1CCc3ccccc31)C2. The third-order valence-electron chi connectivity index (χ3n) is 5.55. The van der Waals surface area contributed by atoms with Crippen molar-refractivity contribution in [2.75, 3.05) is 18.0 Å². The van der Waals surface area contributed by atoms with Gasteiger partial charge in [-0.05, 0) is 38.8 Å². The highest BCUT2D eigenvalue weighted by Crippen LogP contribution is 2.29. The highest BCUT2D eigenvalue weighted by Gasteiger charge is 2.33. The first-order valence-corrected chi connectivity index (χ1v) is 8.72. The van der Waals surface area contributed by atoms with Crippen LogP contribution in [0.2, 0.25) is 0 Å². The fraction of sp³-hybridized carbons (Fsp3) is 0.474. The van der Waals surface area contributed by atoms with E-state index >= 15 is 0 Å². The zero-order valence-corrected chi connectivity index (χ0v) is 14.6. The van der Waals surface area contributed by atoms with Crippen LogP contribution in [0.3, 0.4) is 0 Å². The molecule has 0 saturated heterocycles. The molecular formula is C19H24N4O. The van der Waals surface area contributed by atoms with E-state index in [1.54, 1.807) is 0 Å². The Morgan fingerprint density at radius 1 is 1.17 bits per heavy atom. The quantitative estimate of drug-likeness (QED) is 0.851. The Bertz CT molecular complexity index is 795. The van der Waals surface area contributed by atoms with Gasteiger partial charge < -0.3 is 9.47 Å². The summed E-state index contributed by atoms with van der Waals surface area (Å²) in [6, 6.07) is 8.12. The zero-order chi connectivity index (χ0) is 16.8. The summed E-state index contributed by atoms with van der Waals surface area (Å²) >= 11 is 0. The number of nitrogens with zero attached hydrogens (tertiary/aromatic N) is 4. The van der Waals surface area contributed by atoms with Crippen LogP contribution in [0.25, 0.3) is 0 Å². The Morgan fingerprint density at radius 2 is 1.96 bits per heavy atom. The van der Waals surface area contributed by atoms with Crippen LogP contribution in [0.5, 0.6) is 0 Å². The predicted octanol–water partition coefficient (Wildman–Crippen LogP) is 2.29. The molecule has 0 radical (unpaired) electrons. The van der Waals surface area contributed by atoms with Gasteiger partial charge in [0.25, 0.3) is 0 Å². The van der Waals surface area contributed by atoms with Crippen LogP contribution in [-0.2, 0) is 24.3 Å². The van der Waals surface area contributed by atoms with Gasteiger partial charge in [0, 0.05) is 31.0 Å². The van der Waals surface area contributed by atoms with E-state index in [9.17, 15) is 4.79 Å². The first-order chi connectivity index (χ1) is 11.6. The fourth-order valence-corrected chi connectivity index (χ4v) is 3.91. The van der Waals surface area contributed by atoms with E-state index in [0.29, 0.717) is 0 Å². The third kappa shape index (κ3) is 2.35. The normalized spacial score (nSPS) is 18.4. The maximum Gasteiger partial charge on any atom is 0.244 e. The van der Waals surface area contributed by atoms with E-state index in [2.05, 4.69) is 40.4 Å². The van der Waals surface area contributed by atoms with Crippen molar-refractivity contribution in [2.45, 2.75) is 46.3 Å². The Balaban J connectivity index is 1.52. The van der Waals surface area contributed by atoms with Crippen LogP contribution >= 0.6 is 0 Å². The largest absolute Gasteiger partial charge is 0.330 e. The maximum atomic E-state index is 13.0. The van der Waals surface area contributed by atoms with Gasteiger partial charge in [-0.15, -0.1) is 0 Å². The number of amides is 1. The van der Waals surface area contributed by atoms with Gasteiger partial charge in [0.05, 0.1) is 18.3 Å². The van der Waals surface area contributed by atoms with Crippen molar-refractivity contribution in [3.05, 3.63) is 47.0 Å². The van der Waals surface area contributed by atoms with Crippen LogP contribution < -0.4 is 4.90 Å². The van der Waals surface area contributed by atoms with Gasteiger partial charge >= 0.3 is 0 Å². The molecule has 0 fully saturated rings. The van der Waals surface area contributed by atoms with Crippen LogP contribution in [0, 0.1) is 13.8 Å². The van der Waals surface area contributed by atoms with E-state index in [-0.39, 0.29) is 11.9 Å². The lowest BCUT2D eigenvalue weighted by molar-refractivity contribution is -0.123. The lowest BCUT2D eigenvalue weighted by Gasteiger charge is -2.34. The van der Waals surface area contributed by atoms with Crippen molar-refractivity contribution >= 4 is 11.6 Å². The van der Waals surface area contributed by atoms with Crippen molar-refractivity contribution in [1.29, 1.82) is 0 Å². The van der Waals surface area contributed by atoms with Gasteiger partial charge in [0.15, 0.2) is 0 Å². The Morgan fingerprint density at radius 3 is 2.79 bits per heavy atom. The number of hydrogen-bond acceptors (Lipinski definition) is 3. The fourth-order valence-electron chi connectivity index (χ4n) is 3.91. The first-order valence-electron chi connectivity index (χ1n) is 8.72. The highest BCUT2D eigenvalue weighted by atomic mass is 16.2. The Labute approximate surface area is 142 Å². The number of aromatic nitrogens is 2. The minimum Gasteiger partial charge on any atom is -0.330 e. The summed E-state index contributed by atoms with van der Waals surface area (Å²) < 4.78 is 2.29. The molecule has 2 aromatic rings. The van der Waals surface area contributed by atoms with Crippen LogP contribution in [0.1, 0.15) is 29.7 Å². The van der Waals surface area contributed by atoms with Crippen molar-refractivity contribution < 1.29 is 4.79 Å². The lowest BCUT2D eigenvalue weighted by atomic mass is 10.1. The second kappa shape index (κ2) is 5.74. The molecule has 1 aromatic heterocycles. The van der Waals surface area contributed by atoms with Gasteiger partial charge in [-0.1, -0.05) is 18.2 Å². The maximum absolute atomic E-state index is 13.0. The van der Waals surface area contributed by atoms with E-state index in [1.807, 2.05) is 24.0 Å². The Hall–Kier alpha value is -2.14. The summed E-state index contributed by atoms with van der Waals surface area (Å²) in [5, 5.41) is 0. The molecule has 5 heteroatoms. The van der Waals surface area contributed by atoms with Crippen molar-refractivity contribution in [3.8, 4) is 0 Å². The van der Waals surface area contributed by atoms with E-state index in [0.717, 1.165) is 49.8 Å². The summed E-state index contributed by atoms with van der Waals surface area (Å²) in [5.74, 6) is 1.28. The molecular weight excluding hydrogens is 300 g/mol. The molecule has 4 rings (SSSR count). The molecule has 0 aliphatic carbocycles. The van der Waals surface area contributed by atoms with Gasteiger partial charge in [-0.25, -0.2) is 4.98 Å². The number of para-hydroxylation sites is 1. The van der Waals surface area contributed by atoms with E-state index in [4.69, 9.17) is 0 Å². The Kier molecular flexibility index (Phi) is 3.68. The number of fused-ring (bicyclic) bond motifs is 2. The molecule has 0 saturated carbocycles. The van der Waals surface area contributed by atoms with Gasteiger partial charge in [0.1, 0.15) is 5.82 Å². The number of benzene rings is 1. The number of hydrogen-bond donors (Lipinski definition) is 0. The van der Waals surface area contributed by atoms with Gasteiger partial charge in [0.2, 0.25) is 5.91 Å². The van der Waals surface area contributed by atoms with E-state index in [1.165, 1.54) is 11.3 Å². The summed E-state index contributed by atoms with van der Waals surface area (Å²) in [6.07, 6.45) is 0.956. The van der Waals surface area contributed by atoms with Crippen LogP contribution in [-0.4, -0.2) is 39.5 Å². The van der Waals surface area contributed by atoms with Crippen LogP contribution in [0.15, 0.2) is 24.3 Å². The first kappa shape index (κ1) is 15.4. The average Bonchev–Trinajstić information content (AvgIpc) is 3.15. The summed E-state index contributed by atoms with van der Waals surface area (Å²) in [6.45, 7) is 9.56. The molecule has 2 aliphatic rings. The predicted molar refractivity (Wildman–Crippen MR) is 94.1 cm³/mol. The van der Waals surface area contributed by atoms with Gasteiger partial charge in [-0.2, -0.15) is 0 Å². The number of anilines is 1. The molecule has 126 valence electrons. The molecule has 0 bridgehead atoms. The molecule has 2 aliphatic heterocycles. The second-order valence-electron chi connectivity index (χ2n) is 6.87. The second-order valence-corrected chi connectivity index (χ2v) is 6.87. The monoisotopic (exact) mass is 324 g/mol. The summed E-state index contributed by atoms with van der Waals surface area (Å²) in [7, 11) is 0. The van der Waals surface area contributed by atoms with Crippen molar-refractivity contribution in [1.82, 2.24) is 14.5 Å². The molecule has 0 N–H and O–H groups in total. The average molecular weight is 324 g/mol. The highest BCUT2D eigenvalue weighted by molar-refractivity contribution is 5.98.